The van der Waals surface area contributed by atoms with Gasteiger partial charge in [0.1, 0.15) is 11.6 Å². The first kappa shape index (κ1) is 2.81. The van der Waals surface area contributed by atoms with Crippen molar-refractivity contribution in [1.29, 1.82) is 0 Å². The summed E-state index contributed by atoms with van der Waals surface area (Å²) in [5, 5.41) is 0. The summed E-state index contributed by atoms with van der Waals surface area (Å²) in [5.41, 5.74) is 0. The van der Waals surface area contributed by atoms with E-state index in [4.69, 9.17) is 8.22 Å². The van der Waals surface area contributed by atoms with E-state index in [9.17, 15) is 4.39 Å². The molecule has 0 aliphatic carbocycles. The fraction of sp³-hybridized carbons (Fsp3) is 0.143. The second-order valence-electron chi connectivity index (χ2n) is 1.43. The zero-order chi connectivity index (χ0) is 12.7. The SMILES string of the molecule is [2H]c1c([2H])c(F)c(Br)c(OC([2H])([2H])[2H])c1[2H]. The van der Waals surface area contributed by atoms with Gasteiger partial charge < -0.3 is 4.74 Å². The molecule has 1 rings (SSSR count). The van der Waals surface area contributed by atoms with Gasteiger partial charge in [0.2, 0.25) is 0 Å². The first-order chi connectivity index (χ1) is 7.15. The number of ether oxygens (including phenoxy) is 1. The van der Waals surface area contributed by atoms with Crippen molar-refractivity contribution in [3.63, 3.8) is 0 Å². The molecule has 0 saturated carbocycles. The Kier molecular flexibility index (Phi) is 0.848. The van der Waals surface area contributed by atoms with Crippen LogP contribution in [-0.2, 0) is 0 Å². The zero-order valence-electron chi connectivity index (χ0n) is 10.7. The smallest absolute Gasteiger partial charge is 0.141 e. The lowest BCUT2D eigenvalue weighted by molar-refractivity contribution is 0.408. The average molecular weight is 211 g/mol. The summed E-state index contributed by atoms with van der Waals surface area (Å²) in [6.45, 7) is 0. The van der Waals surface area contributed by atoms with Crippen LogP contribution in [0.25, 0.3) is 0 Å². The summed E-state index contributed by atoms with van der Waals surface area (Å²) in [6, 6.07) is -2.15. The van der Waals surface area contributed by atoms with Crippen LogP contribution < -0.4 is 4.74 Å². The topological polar surface area (TPSA) is 9.23 Å². The van der Waals surface area contributed by atoms with Crippen LogP contribution in [0.2, 0.25) is 0 Å². The van der Waals surface area contributed by atoms with Gasteiger partial charge in [0, 0.05) is 0 Å². The van der Waals surface area contributed by atoms with Gasteiger partial charge in [-0.25, -0.2) is 4.39 Å². The Morgan fingerprint density at radius 3 is 3.30 bits per heavy atom. The zero-order valence-corrected chi connectivity index (χ0v) is 6.25. The van der Waals surface area contributed by atoms with Crippen molar-refractivity contribution in [1.82, 2.24) is 0 Å². The molecule has 0 spiro atoms. The first-order valence-corrected chi connectivity index (χ1v) is 3.08. The van der Waals surface area contributed by atoms with Gasteiger partial charge in [-0.1, -0.05) is 6.04 Å². The largest absolute Gasteiger partial charge is 0.495 e. The van der Waals surface area contributed by atoms with Crippen molar-refractivity contribution in [3.05, 3.63) is 28.4 Å². The summed E-state index contributed by atoms with van der Waals surface area (Å²) in [7, 11) is -2.85. The van der Waals surface area contributed by atoms with Crippen LogP contribution in [0.15, 0.2) is 22.6 Å². The Bertz CT molecular complexity index is 403. The Balaban J connectivity index is 3.40. The van der Waals surface area contributed by atoms with Crippen molar-refractivity contribution in [2.24, 2.45) is 0 Å². The standard InChI is InChI=1S/C7H6BrFO/c1-10-6-4-2-3-5(9)7(6)8/h2-4H,1H3/i1D3,2D,3D,4D. The fourth-order valence-electron chi connectivity index (χ4n) is 0.423. The molecular weight excluding hydrogens is 199 g/mol. The maximum atomic E-state index is 13.3. The minimum absolute atomic E-state index is 0.436. The molecule has 0 amide bonds. The number of halogens is 2. The number of hydrogen-bond donors (Lipinski definition) is 0. The molecule has 54 valence electrons. The molecule has 0 bridgehead atoms. The van der Waals surface area contributed by atoms with Gasteiger partial charge >= 0.3 is 0 Å². The van der Waals surface area contributed by atoms with E-state index in [-0.39, 0.29) is 0 Å². The summed E-state index contributed by atoms with van der Waals surface area (Å²) >= 11 is 2.70. The molecular formula is C7H6BrFO. The van der Waals surface area contributed by atoms with E-state index in [1.165, 1.54) is 0 Å². The lowest BCUT2D eigenvalue weighted by Gasteiger charge is -2.01. The number of benzene rings is 1. The third kappa shape index (κ3) is 1.29. The van der Waals surface area contributed by atoms with Crippen LogP contribution in [0.1, 0.15) is 8.22 Å². The number of methoxy groups -OCH3 is 1. The van der Waals surface area contributed by atoms with E-state index in [1.807, 2.05) is 0 Å². The number of hydrogen-bond acceptors (Lipinski definition) is 1. The molecule has 1 nitrogen and oxygen atoms in total. The third-order valence-corrected chi connectivity index (χ3v) is 1.55. The molecule has 0 heterocycles. The predicted octanol–water partition coefficient (Wildman–Crippen LogP) is 2.60. The maximum Gasteiger partial charge on any atom is 0.141 e. The molecule has 0 radical (unpaired) electrons. The average Bonchev–Trinajstić information content (AvgIpc) is 2.17. The van der Waals surface area contributed by atoms with Crippen molar-refractivity contribution < 1.29 is 17.4 Å². The Morgan fingerprint density at radius 2 is 2.60 bits per heavy atom. The van der Waals surface area contributed by atoms with Crippen LogP contribution in [0, 0.1) is 5.82 Å². The molecule has 10 heavy (non-hydrogen) atoms. The molecule has 0 aliphatic rings. The van der Waals surface area contributed by atoms with Gasteiger partial charge in [-0.3, -0.25) is 0 Å². The van der Waals surface area contributed by atoms with Gasteiger partial charge in [-0.05, 0) is 28.0 Å². The van der Waals surface area contributed by atoms with E-state index in [0.29, 0.717) is 0 Å². The quantitative estimate of drug-likeness (QED) is 0.693. The Labute approximate surface area is 75.4 Å². The first-order valence-electron chi connectivity index (χ1n) is 5.29. The van der Waals surface area contributed by atoms with Gasteiger partial charge in [0.25, 0.3) is 0 Å². The van der Waals surface area contributed by atoms with Crippen LogP contribution in [0.4, 0.5) is 4.39 Å². The molecule has 0 aliphatic heterocycles. The number of rotatable bonds is 1. The van der Waals surface area contributed by atoms with Gasteiger partial charge in [0.15, 0.2) is 0 Å². The van der Waals surface area contributed by atoms with Crippen LogP contribution >= 0.6 is 15.9 Å². The van der Waals surface area contributed by atoms with Crippen molar-refractivity contribution in [2.75, 3.05) is 7.04 Å². The highest BCUT2D eigenvalue weighted by Gasteiger charge is 2.02. The second kappa shape index (κ2) is 3.01. The lowest BCUT2D eigenvalue weighted by Crippen LogP contribution is -1.85. The van der Waals surface area contributed by atoms with Gasteiger partial charge in [-0.2, -0.15) is 0 Å². The highest BCUT2D eigenvalue weighted by atomic mass is 79.9. The Hall–Kier alpha value is -0.570. The molecule has 3 heteroatoms. The molecule has 0 N–H and O–H groups in total. The van der Waals surface area contributed by atoms with Gasteiger partial charge in [0.05, 0.1) is 19.7 Å². The van der Waals surface area contributed by atoms with E-state index < -0.39 is 41.2 Å². The normalized spacial score (nSPS) is 19.4. The van der Waals surface area contributed by atoms with Crippen molar-refractivity contribution >= 4 is 15.9 Å². The van der Waals surface area contributed by atoms with Gasteiger partial charge in [-0.15, -0.1) is 0 Å². The van der Waals surface area contributed by atoms with Crippen molar-refractivity contribution in [2.45, 2.75) is 0 Å². The third-order valence-electron chi connectivity index (χ3n) is 0.842. The minimum atomic E-state index is -2.85. The summed E-state index contributed by atoms with van der Waals surface area (Å²) < 4.78 is 59.5. The molecule has 0 aromatic heterocycles. The van der Waals surface area contributed by atoms with E-state index >= 15 is 0 Å². The maximum absolute atomic E-state index is 13.3. The van der Waals surface area contributed by atoms with E-state index in [0.717, 1.165) is 0 Å². The summed E-state index contributed by atoms with van der Waals surface area (Å²) in [4.78, 5) is 0. The Morgan fingerprint density at radius 1 is 1.80 bits per heavy atom. The molecule has 0 atom stereocenters. The summed E-state index contributed by atoms with van der Waals surface area (Å²) in [6.07, 6.45) is 0. The van der Waals surface area contributed by atoms with Crippen LogP contribution in [-0.4, -0.2) is 7.04 Å². The predicted molar refractivity (Wildman–Crippen MR) is 40.7 cm³/mol. The molecule has 1 aromatic rings. The summed E-state index contributed by atoms with van der Waals surface area (Å²) in [5.74, 6) is -1.72. The monoisotopic (exact) mass is 210 g/mol. The van der Waals surface area contributed by atoms with Crippen molar-refractivity contribution in [3.8, 4) is 5.75 Å². The lowest BCUT2D eigenvalue weighted by atomic mass is 10.3. The van der Waals surface area contributed by atoms with Crippen LogP contribution in [0.5, 0.6) is 5.75 Å². The second-order valence-corrected chi connectivity index (χ2v) is 2.23. The van der Waals surface area contributed by atoms with E-state index in [2.05, 4.69) is 20.7 Å². The highest BCUT2D eigenvalue weighted by Crippen LogP contribution is 2.26. The molecule has 0 saturated heterocycles. The molecule has 0 unspecified atom stereocenters. The van der Waals surface area contributed by atoms with Crippen LogP contribution in [0.3, 0.4) is 0 Å². The van der Waals surface area contributed by atoms with E-state index in [1.54, 1.807) is 0 Å². The molecule has 1 aromatic carbocycles. The highest BCUT2D eigenvalue weighted by molar-refractivity contribution is 9.10. The minimum Gasteiger partial charge on any atom is -0.495 e. The molecule has 0 fully saturated rings. The fourth-order valence-corrected chi connectivity index (χ4v) is 0.702.